The zero-order valence-corrected chi connectivity index (χ0v) is 20.2. The van der Waals surface area contributed by atoms with Crippen LogP contribution >= 0.6 is 0 Å². The predicted molar refractivity (Wildman–Crippen MR) is 117 cm³/mol. The number of anilines is 2. The summed E-state index contributed by atoms with van der Waals surface area (Å²) in [5.41, 5.74) is -1.00. The Morgan fingerprint density at radius 1 is 1.22 bits per heavy atom. The highest BCUT2D eigenvalue weighted by molar-refractivity contribution is 6.74. The van der Waals surface area contributed by atoms with E-state index in [9.17, 15) is 22.8 Å². The second kappa shape index (κ2) is 8.58. The fourth-order valence-corrected chi connectivity index (χ4v) is 4.77. The van der Waals surface area contributed by atoms with Crippen molar-refractivity contribution in [3.05, 3.63) is 23.5 Å². The Hall–Kier alpha value is -2.27. The second-order valence-corrected chi connectivity index (χ2v) is 14.6. The molecule has 0 aliphatic carbocycles. The molecule has 1 N–H and O–H groups in total. The van der Waals surface area contributed by atoms with Gasteiger partial charge in [-0.2, -0.15) is 0 Å². The van der Waals surface area contributed by atoms with Gasteiger partial charge in [0.05, 0.1) is 24.9 Å². The van der Waals surface area contributed by atoms with E-state index in [4.69, 9.17) is 9.16 Å². The zero-order valence-electron chi connectivity index (χ0n) is 19.2. The molecule has 178 valence electrons. The third kappa shape index (κ3) is 4.73. The summed E-state index contributed by atoms with van der Waals surface area (Å²) < 4.78 is 55.8. The molecule has 0 unspecified atom stereocenters. The highest BCUT2D eigenvalue weighted by atomic mass is 28.4. The van der Waals surface area contributed by atoms with Crippen molar-refractivity contribution in [2.45, 2.75) is 58.0 Å². The molecular formula is C21H30F3N3O4Si. The number of amides is 2. The number of carbonyl (C=O) groups is 2. The summed E-state index contributed by atoms with van der Waals surface area (Å²) >= 11 is 0. The van der Waals surface area contributed by atoms with Crippen LogP contribution in [0.4, 0.5) is 29.3 Å². The molecule has 0 bridgehead atoms. The summed E-state index contributed by atoms with van der Waals surface area (Å²) in [7, 11) is -2.03. The van der Waals surface area contributed by atoms with Crippen LogP contribution in [0.3, 0.4) is 0 Å². The molecule has 0 aromatic heterocycles. The number of halogens is 3. The van der Waals surface area contributed by atoms with Gasteiger partial charge in [-0.3, -0.25) is 9.69 Å². The van der Waals surface area contributed by atoms with Crippen LogP contribution in [0.2, 0.25) is 18.1 Å². The fraction of sp³-hybridized carbons (Fsp3) is 0.619. The van der Waals surface area contributed by atoms with Crippen LogP contribution in [0.5, 0.6) is 0 Å². The monoisotopic (exact) mass is 473 g/mol. The first-order valence-electron chi connectivity index (χ1n) is 10.5. The highest BCUT2D eigenvalue weighted by Gasteiger charge is 2.43. The molecule has 2 heterocycles. The largest absolute Gasteiger partial charge is 0.442 e. The number of ether oxygens (including phenoxy) is 1. The Morgan fingerprint density at radius 3 is 2.41 bits per heavy atom. The van der Waals surface area contributed by atoms with Crippen molar-refractivity contribution in [1.29, 1.82) is 0 Å². The molecule has 7 nitrogen and oxygen atoms in total. The van der Waals surface area contributed by atoms with Crippen LogP contribution < -0.4 is 15.1 Å². The van der Waals surface area contributed by atoms with Crippen LogP contribution in [0.1, 0.15) is 27.7 Å². The molecule has 1 aromatic rings. The average Bonchev–Trinajstić information content (AvgIpc) is 3.00. The smallest absolute Gasteiger partial charge is 0.414 e. The molecule has 0 spiro atoms. The third-order valence-corrected chi connectivity index (χ3v) is 10.8. The van der Waals surface area contributed by atoms with E-state index in [0.29, 0.717) is 0 Å². The van der Waals surface area contributed by atoms with Crippen molar-refractivity contribution < 1.29 is 31.9 Å². The Bertz CT molecular complexity index is 917. The van der Waals surface area contributed by atoms with Crippen LogP contribution in [-0.4, -0.2) is 58.7 Å². The van der Waals surface area contributed by atoms with Gasteiger partial charge in [-0.05, 0) is 18.1 Å². The number of benzene rings is 1. The van der Waals surface area contributed by atoms with Gasteiger partial charge in [0, 0.05) is 26.1 Å². The molecule has 2 aliphatic heterocycles. The van der Waals surface area contributed by atoms with Gasteiger partial charge in [-0.15, -0.1) is 0 Å². The van der Waals surface area contributed by atoms with Gasteiger partial charge < -0.3 is 19.4 Å². The Kier molecular flexibility index (Phi) is 6.54. The van der Waals surface area contributed by atoms with Gasteiger partial charge in [0.25, 0.3) is 0 Å². The lowest BCUT2D eigenvalue weighted by Gasteiger charge is -2.47. The molecule has 2 amide bonds. The van der Waals surface area contributed by atoms with Crippen LogP contribution in [-0.2, 0) is 14.0 Å². The summed E-state index contributed by atoms with van der Waals surface area (Å²) in [5, 5.41) is 2.49. The molecule has 1 atom stereocenters. The SMILES string of the molecule is CC(=O)NC[C@H]1CN(c2cc(F)c(N3CC(O[Si](C)(C)C(C)(C)C)C3)c(F)c2F)C(=O)O1. The van der Waals surface area contributed by atoms with Crippen molar-refractivity contribution in [2.24, 2.45) is 0 Å². The standard InChI is InChI=1S/C21H30F3N3O4Si/c1-12(28)25-8-13-11-27(20(29)30-13)16-7-15(22)19(18(24)17(16)23)26-9-14(10-26)31-32(5,6)21(2,3)4/h7,13-14H,8-11H2,1-6H3,(H,25,28)/t13-/m0/s1. The van der Waals surface area contributed by atoms with Crippen LogP contribution in [0, 0.1) is 17.5 Å². The molecule has 0 saturated carbocycles. The van der Waals surface area contributed by atoms with Gasteiger partial charge in [0.1, 0.15) is 11.8 Å². The molecule has 1 aromatic carbocycles. The first-order valence-corrected chi connectivity index (χ1v) is 13.4. The lowest BCUT2D eigenvalue weighted by Crippen LogP contribution is -2.58. The summed E-state index contributed by atoms with van der Waals surface area (Å²) in [5.74, 6) is -3.98. The normalized spacial score (nSPS) is 19.8. The summed E-state index contributed by atoms with van der Waals surface area (Å²) in [6, 6.07) is 0.803. The Balaban J connectivity index is 1.72. The minimum atomic E-state index is -2.03. The molecule has 32 heavy (non-hydrogen) atoms. The maximum absolute atomic E-state index is 14.9. The van der Waals surface area contributed by atoms with Crippen molar-refractivity contribution >= 4 is 31.7 Å². The third-order valence-electron chi connectivity index (χ3n) is 6.29. The van der Waals surface area contributed by atoms with Crippen molar-refractivity contribution in [1.82, 2.24) is 5.32 Å². The second-order valence-electron chi connectivity index (χ2n) is 9.81. The molecule has 2 saturated heterocycles. The van der Waals surface area contributed by atoms with E-state index < -0.39 is 49.3 Å². The minimum absolute atomic E-state index is 0.000189. The van der Waals surface area contributed by atoms with E-state index in [1.807, 2.05) is 0 Å². The Labute approximate surface area is 187 Å². The summed E-state index contributed by atoms with van der Waals surface area (Å²) in [6.07, 6.45) is -1.86. The van der Waals surface area contributed by atoms with Gasteiger partial charge in [0.2, 0.25) is 5.91 Å². The Morgan fingerprint density at radius 2 is 1.84 bits per heavy atom. The maximum atomic E-state index is 14.9. The van der Waals surface area contributed by atoms with E-state index in [0.717, 1.165) is 11.0 Å². The lowest BCUT2D eigenvalue weighted by molar-refractivity contribution is -0.119. The molecule has 3 rings (SSSR count). The number of rotatable bonds is 6. The number of nitrogens with one attached hydrogen (secondary N) is 1. The van der Waals surface area contributed by atoms with E-state index in [-0.39, 0.29) is 43.2 Å². The lowest BCUT2D eigenvalue weighted by atomic mass is 10.1. The van der Waals surface area contributed by atoms with Crippen molar-refractivity contribution in [3.8, 4) is 0 Å². The molecule has 2 aliphatic rings. The fourth-order valence-electron chi connectivity index (χ4n) is 3.43. The first kappa shape index (κ1) is 24.4. The van der Waals surface area contributed by atoms with Crippen LogP contribution in [0.25, 0.3) is 0 Å². The molecule has 0 radical (unpaired) electrons. The topological polar surface area (TPSA) is 71.1 Å². The summed E-state index contributed by atoms with van der Waals surface area (Å²) in [4.78, 5) is 25.4. The molecule has 11 heteroatoms. The van der Waals surface area contributed by atoms with E-state index in [2.05, 4.69) is 39.2 Å². The van der Waals surface area contributed by atoms with Crippen LogP contribution in [0.15, 0.2) is 6.07 Å². The summed E-state index contributed by atoms with van der Waals surface area (Å²) in [6.45, 7) is 12.2. The zero-order chi connectivity index (χ0) is 24.0. The van der Waals surface area contributed by atoms with Gasteiger partial charge in [-0.1, -0.05) is 20.8 Å². The number of cyclic esters (lactones) is 1. The quantitative estimate of drug-likeness (QED) is 0.503. The maximum Gasteiger partial charge on any atom is 0.414 e. The predicted octanol–water partition coefficient (Wildman–Crippen LogP) is 3.78. The highest BCUT2D eigenvalue weighted by Crippen LogP contribution is 2.40. The van der Waals surface area contributed by atoms with Gasteiger partial charge in [0.15, 0.2) is 25.8 Å². The number of hydrogen-bond donors (Lipinski definition) is 1. The first-order chi connectivity index (χ1) is 14.7. The van der Waals surface area contributed by atoms with Crippen molar-refractivity contribution in [3.63, 3.8) is 0 Å². The molecular weight excluding hydrogens is 443 g/mol. The van der Waals surface area contributed by atoms with E-state index in [1.165, 1.54) is 11.8 Å². The van der Waals surface area contributed by atoms with E-state index >= 15 is 0 Å². The van der Waals surface area contributed by atoms with E-state index in [1.54, 1.807) is 0 Å². The average molecular weight is 474 g/mol. The van der Waals surface area contributed by atoms with Crippen molar-refractivity contribution in [2.75, 3.05) is 36.0 Å². The number of carbonyl (C=O) groups excluding carboxylic acids is 2. The number of hydrogen-bond acceptors (Lipinski definition) is 5. The molecule has 2 fully saturated rings. The van der Waals surface area contributed by atoms with Gasteiger partial charge in [-0.25, -0.2) is 18.0 Å². The minimum Gasteiger partial charge on any atom is -0.442 e. The number of nitrogens with zero attached hydrogens (tertiary/aromatic N) is 2. The van der Waals surface area contributed by atoms with Gasteiger partial charge >= 0.3 is 6.09 Å².